The number of halogens is 1. The van der Waals surface area contributed by atoms with Crippen molar-refractivity contribution in [1.29, 1.82) is 0 Å². The topological polar surface area (TPSA) is 67.9 Å². The van der Waals surface area contributed by atoms with Gasteiger partial charge in [-0.15, -0.1) is 0 Å². The van der Waals surface area contributed by atoms with Gasteiger partial charge in [0.05, 0.1) is 20.1 Å². The highest BCUT2D eigenvalue weighted by atomic mass is 35.5. The predicted molar refractivity (Wildman–Crippen MR) is 106 cm³/mol. The first kappa shape index (κ1) is 20.8. The van der Waals surface area contributed by atoms with Crippen LogP contribution in [0.25, 0.3) is 5.70 Å². The summed E-state index contributed by atoms with van der Waals surface area (Å²) < 4.78 is 9.92. The smallest absolute Gasteiger partial charge is 0.330 e. The van der Waals surface area contributed by atoms with E-state index in [0.717, 1.165) is 30.6 Å². The van der Waals surface area contributed by atoms with Crippen LogP contribution in [0, 0.1) is 5.92 Å². The molecule has 1 aliphatic rings. The van der Waals surface area contributed by atoms with Gasteiger partial charge in [0.1, 0.15) is 5.75 Å². The van der Waals surface area contributed by atoms with E-state index in [1.54, 1.807) is 19.3 Å². The summed E-state index contributed by atoms with van der Waals surface area (Å²) in [6.45, 7) is 5.87. The maximum atomic E-state index is 12.4. The van der Waals surface area contributed by atoms with Crippen LogP contribution >= 0.6 is 11.6 Å². The van der Waals surface area contributed by atoms with Crippen LogP contribution in [0.3, 0.4) is 0 Å². The van der Waals surface area contributed by atoms with Gasteiger partial charge in [-0.1, -0.05) is 24.3 Å². The molecule has 0 bridgehead atoms. The van der Waals surface area contributed by atoms with Crippen molar-refractivity contribution in [3.8, 4) is 5.75 Å². The van der Waals surface area contributed by atoms with Crippen molar-refractivity contribution in [2.75, 3.05) is 33.9 Å². The maximum absolute atomic E-state index is 12.4. The van der Waals surface area contributed by atoms with Crippen molar-refractivity contribution < 1.29 is 19.1 Å². The Balaban J connectivity index is 1.98. The number of esters is 1. The van der Waals surface area contributed by atoms with Gasteiger partial charge < -0.3 is 19.7 Å². The molecule has 1 aromatic carbocycles. The summed E-state index contributed by atoms with van der Waals surface area (Å²) in [5.74, 6) is 0.0658. The zero-order valence-corrected chi connectivity index (χ0v) is 16.4. The predicted octanol–water partition coefficient (Wildman–Crippen LogP) is 2.88. The molecule has 0 aliphatic carbocycles. The minimum absolute atomic E-state index is 0.0416. The highest BCUT2D eigenvalue weighted by Gasteiger charge is 2.27. The number of benzene rings is 1. The lowest BCUT2D eigenvalue weighted by Gasteiger charge is -2.35. The summed E-state index contributed by atoms with van der Waals surface area (Å²) in [6.07, 6.45) is 4.56. The van der Waals surface area contributed by atoms with Crippen LogP contribution in [0.1, 0.15) is 18.4 Å². The monoisotopic (exact) mass is 392 g/mol. The number of amides is 1. The Morgan fingerprint density at radius 3 is 2.89 bits per heavy atom. The second-order valence-corrected chi connectivity index (χ2v) is 6.68. The molecule has 2 rings (SSSR count). The third kappa shape index (κ3) is 5.76. The molecule has 1 aromatic rings. The van der Waals surface area contributed by atoms with Crippen LogP contribution in [0.15, 0.2) is 36.9 Å². The molecule has 1 heterocycles. The van der Waals surface area contributed by atoms with Crippen molar-refractivity contribution in [1.82, 2.24) is 10.2 Å². The van der Waals surface area contributed by atoms with E-state index in [1.165, 1.54) is 13.2 Å². The van der Waals surface area contributed by atoms with Crippen molar-refractivity contribution in [2.24, 2.45) is 5.92 Å². The van der Waals surface area contributed by atoms with Crippen LogP contribution in [-0.4, -0.2) is 50.6 Å². The van der Waals surface area contributed by atoms with E-state index < -0.39 is 5.97 Å². The zero-order chi connectivity index (χ0) is 19.8. The van der Waals surface area contributed by atoms with Crippen LogP contribution in [0.4, 0.5) is 0 Å². The number of rotatable bonds is 7. The summed E-state index contributed by atoms with van der Waals surface area (Å²) in [5.41, 5.74) is 1.62. The lowest BCUT2D eigenvalue weighted by molar-refractivity contribution is -0.135. The molecular weight excluding hydrogens is 368 g/mol. The van der Waals surface area contributed by atoms with Gasteiger partial charge in [0.15, 0.2) is 0 Å². The molecule has 1 amide bonds. The Morgan fingerprint density at radius 2 is 2.19 bits per heavy atom. The molecule has 0 spiro atoms. The Kier molecular flexibility index (Phi) is 7.73. The lowest BCUT2D eigenvalue weighted by atomic mass is 9.95. The summed E-state index contributed by atoms with van der Waals surface area (Å²) >= 11 is 6.12. The van der Waals surface area contributed by atoms with E-state index in [0.29, 0.717) is 17.3 Å². The number of hydrogen-bond donors (Lipinski definition) is 1. The van der Waals surface area contributed by atoms with Crippen molar-refractivity contribution in [3.63, 3.8) is 0 Å². The number of carbonyl (C=O) groups excluding carboxylic acids is 2. The second-order valence-electron chi connectivity index (χ2n) is 6.25. The number of carbonyl (C=O) groups is 2. The van der Waals surface area contributed by atoms with Crippen molar-refractivity contribution in [2.45, 2.75) is 12.8 Å². The normalized spacial score (nSPS) is 16.9. The number of piperidine rings is 1. The summed E-state index contributed by atoms with van der Waals surface area (Å²) in [5, 5.41) is 3.43. The fourth-order valence-corrected chi connectivity index (χ4v) is 3.21. The molecule has 1 atom stereocenters. The third-order valence-electron chi connectivity index (χ3n) is 4.50. The Hall–Kier alpha value is -2.47. The van der Waals surface area contributed by atoms with E-state index >= 15 is 0 Å². The van der Waals surface area contributed by atoms with Gasteiger partial charge in [0, 0.05) is 42.0 Å². The second kappa shape index (κ2) is 10.0. The molecule has 146 valence electrons. The first-order valence-electron chi connectivity index (χ1n) is 8.76. The molecule has 1 saturated heterocycles. The molecular formula is C20H25ClN2O4. The molecule has 6 nitrogen and oxygen atoms in total. The maximum Gasteiger partial charge on any atom is 0.330 e. The van der Waals surface area contributed by atoms with Crippen LogP contribution in [-0.2, 0) is 14.3 Å². The largest absolute Gasteiger partial charge is 0.496 e. The Bertz CT molecular complexity index is 733. The highest BCUT2D eigenvalue weighted by molar-refractivity contribution is 6.30. The number of nitrogens with one attached hydrogen (secondary N) is 1. The number of ether oxygens (including phenoxy) is 2. The lowest BCUT2D eigenvalue weighted by Crippen LogP contribution is -2.42. The highest BCUT2D eigenvalue weighted by Crippen LogP contribution is 2.32. The van der Waals surface area contributed by atoms with Gasteiger partial charge in [-0.2, -0.15) is 0 Å². The molecule has 0 radical (unpaired) electrons. The van der Waals surface area contributed by atoms with Crippen molar-refractivity contribution in [3.05, 3.63) is 47.5 Å². The summed E-state index contributed by atoms with van der Waals surface area (Å²) in [7, 11) is 2.91. The SMILES string of the molecule is C=C(c1cc(Cl)ccc1OC)N1CCC[C@H](C(=O)NC/C=C/C(=O)OC)C1. The zero-order valence-electron chi connectivity index (χ0n) is 15.7. The average molecular weight is 393 g/mol. The van der Waals surface area contributed by atoms with E-state index in [9.17, 15) is 9.59 Å². The quantitative estimate of drug-likeness (QED) is 0.571. The van der Waals surface area contributed by atoms with Gasteiger partial charge >= 0.3 is 5.97 Å². The summed E-state index contributed by atoms with van der Waals surface area (Å²) in [6, 6.07) is 5.40. The van der Waals surface area contributed by atoms with Gasteiger partial charge in [-0.05, 0) is 31.0 Å². The molecule has 0 aromatic heterocycles. The fraction of sp³-hybridized carbons (Fsp3) is 0.400. The first-order valence-corrected chi connectivity index (χ1v) is 9.14. The van der Waals surface area contributed by atoms with Crippen LogP contribution in [0.5, 0.6) is 5.75 Å². The molecule has 27 heavy (non-hydrogen) atoms. The molecule has 0 unspecified atom stereocenters. The number of nitrogens with zero attached hydrogens (tertiary/aromatic N) is 1. The number of likely N-dealkylation sites (tertiary alicyclic amines) is 1. The Labute approximate surface area is 164 Å². The minimum Gasteiger partial charge on any atom is -0.496 e. The van der Waals surface area contributed by atoms with E-state index in [2.05, 4.69) is 21.5 Å². The van der Waals surface area contributed by atoms with Crippen molar-refractivity contribution >= 4 is 29.2 Å². The standard InChI is InChI=1S/C20H25ClN2O4/c1-14(17-12-16(21)8-9-18(17)26-2)23-11-5-6-15(13-23)20(25)22-10-4-7-19(24)27-3/h4,7-9,12,15H,1,5-6,10-11,13H2,2-3H3,(H,22,25)/b7-4+/t15-/m0/s1. The van der Waals surface area contributed by atoms with Crippen LogP contribution in [0.2, 0.25) is 5.02 Å². The van der Waals surface area contributed by atoms with Gasteiger partial charge in [-0.25, -0.2) is 4.79 Å². The van der Waals surface area contributed by atoms with E-state index in [1.807, 2.05) is 12.1 Å². The van der Waals surface area contributed by atoms with Gasteiger partial charge in [0.25, 0.3) is 0 Å². The average Bonchev–Trinajstić information content (AvgIpc) is 2.70. The minimum atomic E-state index is -0.445. The number of hydrogen-bond acceptors (Lipinski definition) is 5. The molecule has 1 aliphatic heterocycles. The molecule has 1 N–H and O–H groups in total. The third-order valence-corrected chi connectivity index (χ3v) is 4.73. The van der Waals surface area contributed by atoms with E-state index in [4.69, 9.17) is 16.3 Å². The fourth-order valence-electron chi connectivity index (χ4n) is 3.04. The molecule has 0 saturated carbocycles. The Morgan fingerprint density at radius 1 is 1.41 bits per heavy atom. The van der Waals surface area contributed by atoms with Gasteiger partial charge in [0.2, 0.25) is 5.91 Å². The molecule has 7 heteroatoms. The number of methoxy groups -OCH3 is 2. The van der Waals surface area contributed by atoms with Crippen LogP contribution < -0.4 is 10.1 Å². The first-order chi connectivity index (χ1) is 13.0. The molecule has 1 fully saturated rings. The summed E-state index contributed by atoms with van der Waals surface area (Å²) in [4.78, 5) is 25.5. The van der Waals surface area contributed by atoms with Gasteiger partial charge in [-0.3, -0.25) is 4.79 Å². The van der Waals surface area contributed by atoms with E-state index in [-0.39, 0.29) is 18.4 Å².